The highest BCUT2D eigenvalue weighted by Gasteiger charge is 2.08. The Balaban J connectivity index is 1.87. The summed E-state index contributed by atoms with van der Waals surface area (Å²) in [6.07, 6.45) is 0.883. The summed E-state index contributed by atoms with van der Waals surface area (Å²) in [5, 5.41) is 8.70. The Hall–Kier alpha value is -3.28. The van der Waals surface area contributed by atoms with E-state index in [1.807, 2.05) is 38.1 Å². The number of benzene rings is 2. The van der Waals surface area contributed by atoms with Crippen molar-refractivity contribution in [3.8, 4) is 5.75 Å². The molecule has 0 saturated heterocycles. The summed E-state index contributed by atoms with van der Waals surface area (Å²) >= 11 is 0. The topological polar surface area (TPSA) is 79.5 Å². The molecule has 0 saturated carbocycles. The van der Waals surface area contributed by atoms with Gasteiger partial charge in [0.05, 0.1) is 12.2 Å². The molecule has 0 aliphatic rings. The number of hydrogen-bond donors (Lipinski definition) is 3. The Morgan fingerprint density at radius 1 is 1.07 bits per heavy atom. The lowest BCUT2D eigenvalue weighted by atomic mass is 10.2. The van der Waals surface area contributed by atoms with Crippen molar-refractivity contribution in [3.05, 3.63) is 66.2 Å². The van der Waals surface area contributed by atoms with Gasteiger partial charge in [-0.1, -0.05) is 25.6 Å². The van der Waals surface area contributed by atoms with Crippen molar-refractivity contribution >= 4 is 23.2 Å². The van der Waals surface area contributed by atoms with E-state index in [4.69, 9.17) is 4.74 Å². The second-order valence-electron chi connectivity index (χ2n) is 6.48. The Bertz CT molecular complexity index is 816. The fourth-order valence-electron chi connectivity index (χ4n) is 2.37. The van der Waals surface area contributed by atoms with Crippen LogP contribution >= 0.6 is 0 Å². The van der Waals surface area contributed by atoms with Gasteiger partial charge in [-0.3, -0.25) is 9.59 Å². The Labute approximate surface area is 166 Å². The van der Waals surface area contributed by atoms with Crippen LogP contribution in [0.25, 0.3) is 0 Å². The third-order valence-corrected chi connectivity index (χ3v) is 3.77. The standard InChI is InChI=1S/C22H27N3O3/c1-4-13-23-22(27)17-9-11-18(12-10-17)25-21(26)14-24-19-7-5-6-8-20(19)28-15-16(2)3/h5-12,24H,2,4,13-15H2,1,3H3,(H,23,27)(H,25,26). The number of ether oxygens (including phenoxy) is 1. The first-order chi connectivity index (χ1) is 13.5. The third-order valence-electron chi connectivity index (χ3n) is 3.77. The van der Waals surface area contributed by atoms with Gasteiger partial charge in [-0.15, -0.1) is 0 Å². The van der Waals surface area contributed by atoms with Gasteiger partial charge in [0.25, 0.3) is 5.91 Å². The number of carbonyl (C=O) groups is 2. The molecule has 0 atom stereocenters. The summed E-state index contributed by atoms with van der Waals surface area (Å²) in [4.78, 5) is 24.1. The smallest absolute Gasteiger partial charge is 0.251 e. The highest BCUT2D eigenvalue weighted by molar-refractivity contribution is 5.96. The summed E-state index contributed by atoms with van der Waals surface area (Å²) in [5.74, 6) is 0.353. The summed E-state index contributed by atoms with van der Waals surface area (Å²) in [5.41, 5.74) is 2.85. The average Bonchev–Trinajstić information content (AvgIpc) is 2.70. The molecule has 2 amide bonds. The van der Waals surface area contributed by atoms with E-state index in [-0.39, 0.29) is 18.4 Å². The second-order valence-corrected chi connectivity index (χ2v) is 6.48. The minimum atomic E-state index is -0.196. The molecule has 28 heavy (non-hydrogen) atoms. The van der Waals surface area contributed by atoms with Gasteiger partial charge < -0.3 is 20.7 Å². The van der Waals surface area contributed by atoms with Crippen LogP contribution in [0.2, 0.25) is 0 Å². The number of hydrogen-bond acceptors (Lipinski definition) is 4. The Kier molecular flexibility index (Phi) is 8.09. The monoisotopic (exact) mass is 381 g/mol. The van der Waals surface area contributed by atoms with Crippen molar-refractivity contribution in [2.45, 2.75) is 20.3 Å². The zero-order chi connectivity index (χ0) is 20.4. The van der Waals surface area contributed by atoms with Gasteiger partial charge in [0.2, 0.25) is 5.91 Å². The molecule has 0 heterocycles. The lowest BCUT2D eigenvalue weighted by molar-refractivity contribution is -0.114. The SMILES string of the molecule is C=C(C)COc1ccccc1NCC(=O)Nc1ccc(C(=O)NCCC)cc1. The maximum atomic E-state index is 12.2. The first-order valence-electron chi connectivity index (χ1n) is 9.27. The van der Waals surface area contributed by atoms with Crippen LogP contribution in [0.1, 0.15) is 30.6 Å². The van der Waals surface area contributed by atoms with E-state index in [0.717, 1.165) is 17.7 Å². The molecule has 0 radical (unpaired) electrons. The number of amides is 2. The minimum Gasteiger partial charge on any atom is -0.487 e. The van der Waals surface area contributed by atoms with E-state index >= 15 is 0 Å². The zero-order valence-corrected chi connectivity index (χ0v) is 16.4. The first-order valence-corrected chi connectivity index (χ1v) is 9.27. The first kappa shape index (κ1) is 21.0. The zero-order valence-electron chi connectivity index (χ0n) is 16.4. The summed E-state index contributed by atoms with van der Waals surface area (Å²) in [6, 6.07) is 14.2. The quantitative estimate of drug-likeness (QED) is 0.547. The molecule has 0 fully saturated rings. The lowest BCUT2D eigenvalue weighted by Gasteiger charge is -2.13. The van der Waals surface area contributed by atoms with E-state index in [2.05, 4.69) is 22.5 Å². The van der Waals surface area contributed by atoms with Gasteiger partial charge in [-0.05, 0) is 55.3 Å². The summed E-state index contributed by atoms with van der Waals surface area (Å²) < 4.78 is 5.68. The Morgan fingerprint density at radius 3 is 2.46 bits per heavy atom. The minimum absolute atomic E-state index is 0.0895. The van der Waals surface area contributed by atoms with Gasteiger partial charge in [0.15, 0.2) is 0 Å². The van der Waals surface area contributed by atoms with Crippen LogP contribution in [-0.4, -0.2) is 31.5 Å². The van der Waals surface area contributed by atoms with Gasteiger partial charge >= 0.3 is 0 Å². The van der Waals surface area contributed by atoms with Crippen molar-refractivity contribution in [1.29, 1.82) is 0 Å². The highest BCUT2D eigenvalue weighted by atomic mass is 16.5. The highest BCUT2D eigenvalue weighted by Crippen LogP contribution is 2.23. The number of para-hydroxylation sites is 2. The van der Waals surface area contributed by atoms with Gasteiger partial charge in [-0.2, -0.15) is 0 Å². The average molecular weight is 381 g/mol. The summed E-state index contributed by atoms with van der Waals surface area (Å²) in [6.45, 7) is 8.86. The molecule has 6 heteroatoms. The maximum Gasteiger partial charge on any atom is 0.251 e. The van der Waals surface area contributed by atoms with Crippen LogP contribution in [0.4, 0.5) is 11.4 Å². The molecular weight excluding hydrogens is 354 g/mol. The van der Waals surface area contributed by atoms with Crippen molar-refractivity contribution in [2.75, 3.05) is 30.3 Å². The predicted molar refractivity (Wildman–Crippen MR) is 113 cm³/mol. The molecule has 0 unspecified atom stereocenters. The van der Waals surface area contributed by atoms with Crippen molar-refractivity contribution in [3.63, 3.8) is 0 Å². The third kappa shape index (κ3) is 6.79. The van der Waals surface area contributed by atoms with E-state index in [9.17, 15) is 9.59 Å². The molecule has 6 nitrogen and oxygen atoms in total. The largest absolute Gasteiger partial charge is 0.487 e. The molecule has 148 valence electrons. The van der Waals surface area contributed by atoms with Crippen LogP contribution in [0.3, 0.4) is 0 Å². The number of rotatable bonds is 10. The molecule has 0 spiro atoms. The molecular formula is C22H27N3O3. The summed E-state index contributed by atoms with van der Waals surface area (Å²) in [7, 11) is 0. The second kappa shape index (κ2) is 10.8. The van der Waals surface area contributed by atoms with Crippen LogP contribution in [0.15, 0.2) is 60.7 Å². The fourth-order valence-corrected chi connectivity index (χ4v) is 2.37. The van der Waals surface area contributed by atoms with E-state index in [0.29, 0.717) is 30.2 Å². The lowest BCUT2D eigenvalue weighted by Crippen LogP contribution is -2.24. The molecule has 2 rings (SSSR count). The normalized spacial score (nSPS) is 10.1. The number of carbonyl (C=O) groups excluding carboxylic acids is 2. The molecule has 0 aliphatic carbocycles. The molecule has 2 aromatic carbocycles. The van der Waals surface area contributed by atoms with Crippen LogP contribution in [-0.2, 0) is 4.79 Å². The van der Waals surface area contributed by atoms with E-state index in [1.54, 1.807) is 24.3 Å². The van der Waals surface area contributed by atoms with Crippen molar-refractivity contribution < 1.29 is 14.3 Å². The van der Waals surface area contributed by atoms with Crippen molar-refractivity contribution in [1.82, 2.24) is 5.32 Å². The molecule has 0 aromatic heterocycles. The number of anilines is 2. The van der Waals surface area contributed by atoms with Crippen LogP contribution in [0.5, 0.6) is 5.75 Å². The van der Waals surface area contributed by atoms with Crippen LogP contribution < -0.4 is 20.7 Å². The molecule has 3 N–H and O–H groups in total. The van der Waals surface area contributed by atoms with Gasteiger partial charge in [0.1, 0.15) is 12.4 Å². The maximum absolute atomic E-state index is 12.2. The van der Waals surface area contributed by atoms with Gasteiger partial charge in [-0.25, -0.2) is 0 Å². The van der Waals surface area contributed by atoms with Crippen molar-refractivity contribution in [2.24, 2.45) is 0 Å². The van der Waals surface area contributed by atoms with Gasteiger partial charge in [0, 0.05) is 17.8 Å². The molecule has 0 bridgehead atoms. The molecule has 2 aromatic rings. The van der Waals surface area contributed by atoms with E-state index < -0.39 is 0 Å². The Morgan fingerprint density at radius 2 is 1.79 bits per heavy atom. The fraction of sp³-hybridized carbons (Fsp3) is 0.273. The number of nitrogens with one attached hydrogen (secondary N) is 3. The predicted octanol–water partition coefficient (Wildman–Crippen LogP) is 3.83. The molecule has 0 aliphatic heterocycles. The van der Waals surface area contributed by atoms with Crippen LogP contribution in [0, 0.1) is 0 Å². The van der Waals surface area contributed by atoms with E-state index in [1.165, 1.54) is 0 Å².